The van der Waals surface area contributed by atoms with Crippen LogP contribution in [0.1, 0.15) is 26.7 Å². The normalized spacial score (nSPS) is 10.6. The van der Waals surface area contributed by atoms with Crippen LogP contribution >= 0.6 is 0 Å². The number of hydrogen-bond acceptors (Lipinski definition) is 4. The van der Waals surface area contributed by atoms with Crippen LogP contribution < -0.4 is 5.32 Å². The van der Waals surface area contributed by atoms with Gasteiger partial charge in [0, 0.05) is 39.8 Å². The highest BCUT2D eigenvalue weighted by Crippen LogP contribution is 1.92. The molecule has 0 rings (SSSR count). The van der Waals surface area contributed by atoms with Gasteiger partial charge in [-0.15, -0.1) is 0 Å². The minimum Gasteiger partial charge on any atom is -0.382 e. The maximum absolute atomic E-state index is 11.7. The van der Waals surface area contributed by atoms with Crippen molar-refractivity contribution in [3.8, 4) is 0 Å². The molecule has 5 nitrogen and oxygen atoms in total. The Morgan fingerprint density at radius 3 is 2.44 bits per heavy atom. The SMILES string of the molecule is CCN(CC)C(=O)CCNCCCOCCOC. The molecule has 0 aromatic heterocycles. The Hall–Kier alpha value is -0.650. The van der Waals surface area contributed by atoms with Gasteiger partial charge in [-0.05, 0) is 26.8 Å². The van der Waals surface area contributed by atoms with E-state index in [1.54, 1.807) is 7.11 Å². The Bertz CT molecular complexity index is 197. The molecule has 0 bridgehead atoms. The van der Waals surface area contributed by atoms with Crippen molar-refractivity contribution < 1.29 is 14.3 Å². The fraction of sp³-hybridized carbons (Fsp3) is 0.923. The Morgan fingerprint density at radius 1 is 1.11 bits per heavy atom. The van der Waals surface area contributed by atoms with E-state index in [2.05, 4.69) is 5.32 Å². The predicted molar refractivity (Wildman–Crippen MR) is 72.7 cm³/mol. The zero-order chi connectivity index (χ0) is 13.6. The summed E-state index contributed by atoms with van der Waals surface area (Å²) in [5.74, 6) is 0.226. The average molecular weight is 260 g/mol. The molecule has 0 aromatic rings. The van der Waals surface area contributed by atoms with Crippen molar-refractivity contribution >= 4 is 5.91 Å². The van der Waals surface area contributed by atoms with E-state index in [0.717, 1.165) is 39.2 Å². The number of carbonyl (C=O) groups is 1. The van der Waals surface area contributed by atoms with Gasteiger partial charge in [-0.3, -0.25) is 4.79 Å². The highest BCUT2D eigenvalue weighted by Gasteiger charge is 2.07. The van der Waals surface area contributed by atoms with Gasteiger partial charge in [0.05, 0.1) is 13.2 Å². The summed E-state index contributed by atoms with van der Waals surface area (Å²) >= 11 is 0. The monoisotopic (exact) mass is 260 g/mol. The summed E-state index contributed by atoms with van der Waals surface area (Å²) in [7, 11) is 1.66. The molecule has 0 unspecified atom stereocenters. The second-order valence-electron chi connectivity index (χ2n) is 4.02. The van der Waals surface area contributed by atoms with Gasteiger partial charge in [0.25, 0.3) is 0 Å². The van der Waals surface area contributed by atoms with Crippen LogP contribution in [0.15, 0.2) is 0 Å². The number of rotatable bonds is 12. The Balaban J connectivity index is 3.27. The van der Waals surface area contributed by atoms with Gasteiger partial charge in [0.15, 0.2) is 0 Å². The molecule has 18 heavy (non-hydrogen) atoms. The highest BCUT2D eigenvalue weighted by molar-refractivity contribution is 5.76. The zero-order valence-corrected chi connectivity index (χ0v) is 12.0. The maximum Gasteiger partial charge on any atom is 0.223 e. The second kappa shape index (κ2) is 12.8. The first kappa shape index (κ1) is 17.4. The summed E-state index contributed by atoms with van der Waals surface area (Å²) in [5.41, 5.74) is 0. The van der Waals surface area contributed by atoms with E-state index < -0.39 is 0 Å². The molecule has 1 amide bonds. The molecule has 0 aliphatic carbocycles. The van der Waals surface area contributed by atoms with Crippen LogP contribution in [0.5, 0.6) is 0 Å². The van der Waals surface area contributed by atoms with E-state index in [-0.39, 0.29) is 5.91 Å². The van der Waals surface area contributed by atoms with Crippen LogP contribution in [-0.4, -0.2) is 63.9 Å². The molecule has 108 valence electrons. The van der Waals surface area contributed by atoms with Crippen molar-refractivity contribution in [3.05, 3.63) is 0 Å². The molecule has 0 saturated carbocycles. The van der Waals surface area contributed by atoms with Crippen LogP contribution in [0.4, 0.5) is 0 Å². The summed E-state index contributed by atoms with van der Waals surface area (Å²) in [6.45, 7) is 9.26. The number of carbonyl (C=O) groups excluding carboxylic acids is 1. The molecule has 0 heterocycles. The molecule has 0 aromatic carbocycles. The van der Waals surface area contributed by atoms with E-state index in [1.807, 2.05) is 18.7 Å². The first-order chi connectivity index (χ1) is 8.76. The van der Waals surface area contributed by atoms with E-state index in [0.29, 0.717) is 19.6 Å². The van der Waals surface area contributed by atoms with Crippen LogP contribution in [-0.2, 0) is 14.3 Å². The second-order valence-corrected chi connectivity index (χ2v) is 4.02. The number of ether oxygens (including phenoxy) is 2. The van der Waals surface area contributed by atoms with E-state index in [1.165, 1.54) is 0 Å². The molecule has 0 aliphatic rings. The molecule has 0 atom stereocenters. The van der Waals surface area contributed by atoms with Crippen molar-refractivity contribution in [2.24, 2.45) is 0 Å². The van der Waals surface area contributed by atoms with Gasteiger partial charge in [0.2, 0.25) is 5.91 Å². The van der Waals surface area contributed by atoms with Crippen LogP contribution in [0.2, 0.25) is 0 Å². The van der Waals surface area contributed by atoms with Gasteiger partial charge in [0.1, 0.15) is 0 Å². The summed E-state index contributed by atoms with van der Waals surface area (Å²) < 4.78 is 10.2. The van der Waals surface area contributed by atoms with Gasteiger partial charge in [-0.2, -0.15) is 0 Å². The van der Waals surface area contributed by atoms with Crippen LogP contribution in [0.25, 0.3) is 0 Å². The van der Waals surface area contributed by atoms with E-state index in [4.69, 9.17) is 9.47 Å². The molecule has 0 radical (unpaired) electrons. The summed E-state index contributed by atoms with van der Waals surface area (Å²) in [5, 5.41) is 3.25. The van der Waals surface area contributed by atoms with Gasteiger partial charge >= 0.3 is 0 Å². The van der Waals surface area contributed by atoms with Crippen LogP contribution in [0.3, 0.4) is 0 Å². The molecule has 0 saturated heterocycles. The molecule has 5 heteroatoms. The first-order valence-electron chi connectivity index (χ1n) is 6.81. The van der Waals surface area contributed by atoms with Gasteiger partial charge in [-0.1, -0.05) is 0 Å². The van der Waals surface area contributed by atoms with Gasteiger partial charge < -0.3 is 19.7 Å². The molecule has 0 fully saturated rings. The summed E-state index contributed by atoms with van der Waals surface area (Å²) in [6, 6.07) is 0. The van der Waals surface area contributed by atoms with E-state index >= 15 is 0 Å². The maximum atomic E-state index is 11.7. The minimum atomic E-state index is 0.226. The van der Waals surface area contributed by atoms with Crippen molar-refractivity contribution in [1.29, 1.82) is 0 Å². The lowest BCUT2D eigenvalue weighted by atomic mass is 10.3. The van der Waals surface area contributed by atoms with Crippen LogP contribution in [0, 0.1) is 0 Å². The molecule has 0 aliphatic heterocycles. The third-order valence-electron chi connectivity index (χ3n) is 2.71. The third-order valence-corrected chi connectivity index (χ3v) is 2.71. The summed E-state index contributed by atoms with van der Waals surface area (Å²) in [6.07, 6.45) is 1.54. The average Bonchev–Trinajstić information content (AvgIpc) is 2.38. The fourth-order valence-electron chi connectivity index (χ4n) is 1.60. The zero-order valence-electron chi connectivity index (χ0n) is 12.0. The quantitative estimate of drug-likeness (QED) is 0.529. The lowest BCUT2D eigenvalue weighted by Crippen LogP contribution is -2.33. The predicted octanol–water partition coefficient (Wildman–Crippen LogP) is 0.888. The van der Waals surface area contributed by atoms with Gasteiger partial charge in [-0.25, -0.2) is 0 Å². The Labute approximate surface area is 111 Å². The molecular weight excluding hydrogens is 232 g/mol. The number of amides is 1. The molecular formula is C13H28N2O3. The smallest absolute Gasteiger partial charge is 0.223 e. The lowest BCUT2D eigenvalue weighted by Gasteiger charge is -2.18. The largest absolute Gasteiger partial charge is 0.382 e. The van der Waals surface area contributed by atoms with Crippen molar-refractivity contribution in [1.82, 2.24) is 10.2 Å². The third kappa shape index (κ3) is 9.39. The van der Waals surface area contributed by atoms with Crippen molar-refractivity contribution in [2.45, 2.75) is 26.7 Å². The van der Waals surface area contributed by atoms with E-state index in [9.17, 15) is 4.79 Å². The first-order valence-corrected chi connectivity index (χ1v) is 6.81. The fourth-order valence-corrected chi connectivity index (χ4v) is 1.60. The minimum absolute atomic E-state index is 0.226. The Morgan fingerprint density at radius 2 is 1.83 bits per heavy atom. The number of nitrogens with one attached hydrogen (secondary N) is 1. The van der Waals surface area contributed by atoms with Crippen molar-refractivity contribution in [2.75, 3.05) is 53.1 Å². The lowest BCUT2D eigenvalue weighted by molar-refractivity contribution is -0.130. The number of nitrogens with zero attached hydrogens (tertiary/aromatic N) is 1. The summed E-state index contributed by atoms with van der Waals surface area (Å²) in [4.78, 5) is 13.5. The molecule has 1 N–H and O–H groups in total. The van der Waals surface area contributed by atoms with Crippen molar-refractivity contribution in [3.63, 3.8) is 0 Å². The topological polar surface area (TPSA) is 50.8 Å². The highest BCUT2D eigenvalue weighted by atomic mass is 16.5. The molecule has 0 spiro atoms. The standard InChI is InChI=1S/C13H28N2O3/c1-4-15(5-2)13(16)7-9-14-8-6-10-18-12-11-17-3/h14H,4-12H2,1-3H3. The number of hydrogen-bond donors (Lipinski definition) is 1. The number of methoxy groups -OCH3 is 1. The Kier molecular flexibility index (Phi) is 12.3.